The Balaban J connectivity index is 0.000000253. The maximum atomic E-state index is 4.05. The zero-order chi connectivity index (χ0) is 17.1. The highest BCUT2D eigenvalue weighted by Gasteiger charge is 2.08. The monoisotopic (exact) mass is 321 g/mol. The van der Waals surface area contributed by atoms with Crippen molar-refractivity contribution < 1.29 is 0 Å². The number of likely N-dealkylation sites (tertiary alicyclic amines) is 1. The zero-order valence-corrected chi connectivity index (χ0v) is 16.2. The molecule has 0 bridgehead atoms. The maximum Gasteiger partial charge on any atom is 0.0524 e. The summed E-state index contributed by atoms with van der Waals surface area (Å²) in [6, 6.07) is 0. The van der Waals surface area contributed by atoms with Crippen molar-refractivity contribution in [1.82, 2.24) is 14.7 Å². The Bertz CT molecular complexity index is 389. The average Bonchev–Trinajstić information content (AvgIpc) is 2.95. The first kappa shape index (κ1) is 20.2. The van der Waals surface area contributed by atoms with Crippen LogP contribution in [0.4, 0.5) is 0 Å². The Morgan fingerprint density at radius 2 is 1.70 bits per heavy atom. The quantitative estimate of drug-likeness (QED) is 0.641. The minimum absolute atomic E-state index is 0.596. The topological polar surface area (TPSA) is 21.1 Å². The van der Waals surface area contributed by atoms with E-state index in [4.69, 9.17) is 0 Å². The van der Waals surface area contributed by atoms with Crippen molar-refractivity contribution in [1.29, 1.82) is 0 Å². The van der Waals surface area contributed by atoms with Gasteiger partial charge >= 0.3 is 0 Å². The number of unbranched alkanes of at least 4 members (excludes halogenated alkanes) is 2. The van der Waals surface area contributed by atoms with E-state index in [-0.39, 0.29) is 0 Å². The van der Waals surface area contributed by atoms with Crippen LogP contribution in [0.1, 0.15) is 84.1 Å². The molecule has 3 heteroatoms. The van der Waals surface area contributed by atoms with Gasteiger partial charge in [0.2, 0.25) is 0 Å². The van der Waals surface area contributed by atoms with Gasteiger partial charge in [-0.05, 0) is 56.3 Å². The molecule has 0 spiro atoms. The second kappa shape index (κ2) is 11.7. The van der Waals surface area contributed by atoms with Crippen LogP contribution in [0.2, 0.25) is 0 Å². The fourth-order valence-electron chi connectivity index (χ4n) is 2.99. The number of aryl methyl sites for hydroxylation is 1. The number of piperidine rings is 1. The molecule has 23 heavy (non-hydrogen) atoms. The first-order valence-electron chi connectivity index (χ1n) is 9.70. The molecule has 1 aromatic rings. The van der Waals surface area contributed by atoms with Crippen molar-refractivity contribution in [2.24, 2.45) is 13.0 Å². The lowest BCUT2D eigenvalue weighted by Gasteiger charge is -2.26. The summed E-state index contributed by atoms with van der Waals surface area (Å²) in [7, 11) is 1.94. The summed E-state index contributed by atoms with van der Waals surface area (Å²) in [5, 5.41) is 4.05. The van der Waals surface area contributed by atoms with Crippen LogP contribution in [0.25, 0.3) is 0 Å². The van der Waals surface area contributed by atoms with Crippen LogP contribution >= 0.6 is 0 Å². The number of aromatic nitrogens is 2. The van der Waals surface area contributed by atoms with Crippen molar-refractivity contribution in [3.63, 3.8) is 0 Å². The maximum absolute atomic E-state index is 4.05. The van der Waals surface area contributed by atoms with E-state index >= 15 is 0 Å². The summed E-state index contributed by atoms with van der Waals surface area (Å²) in [5.41, 5.74) is 1.30. The van der Waals surface area contributed by atoms with E-state index in [1.807, 2.05) is 24.1 Å². The molecule has 0 saturated carbocycles. The lowest BCUT2D eigenvalue weighted by atomic mass is 10.0. The molecule has 0 atom stereocenters. The summed E-state index contributed by atoms with van der Waals surface area (Å²) in [6.07, 6.45) is 14.0. The van der Waals surface area contributed by atoms with Gasteiger partial charge in [0.15, 0.2) is 0 Å². The fraction of sp³-hybridized carbons (Fsp3) is 0.850. The van der Waals surface area contributed by atoms with Gasteiger partial charge in [-0.1, -0.05) is 53.4 Å². The molecule has 134 valence electrons. The SMILES string of the molecule is CC(C)CCCCCN1CCCCC1.CC(C)c1cnn(C)c1. The van der Waals surface area contributed by atoms with Crippen LogP contribution in [0.5, 0.6) is 0 Å². The molecular formula is C20H39N3. The number of hydrogen-bond donors (Lipinski definition) is 0. The Labute approximate surface area is 144 Å². The molecule has 1 aliphatic heterocycles. The van der Waals surface area contributed by atoms with Gasteiger partial charge in [0.25, 0.3) is 0 Å². The minimum Gasteiger partial charge on any atom is -0.303 e. The van der Waals surface area contributed by atoms with Gasteiger partial charge in [0.1, 0.15) is 0 Å². The number of hydrogen-bond acceptors (Lipinski definition) is 2. The van der Waals surface area contributed by atoms with Crippen molar-refractivity contribution in [2.45, 2.75) is 78.6 Å². The largest absolute Gasteiger partial charge is 0.303 e. The van der Waals surface area contributed by atoms with Gasteiger partial charge in [0.05, 0.1) is 6.20 Å². The molecule has 0 N–H and O–H groups in total. The molecule has 1 aromatic heterocycles. The third-order valence-corrected chi connectivity index (χ3v) is 4.60. The molecule has 0 aromatic carbocycles. The third-order valence-electron chi connectivity index (χ3n) is 4.60. The molecule has 2 rings (SSSR count). The van der Waals surface area contributed by atoms with Gasteiger partial charge < -0.3 is 4.90 Å². The van der Waals surface area contributed by atoms with E-state index in [0.29, 0.717) is 5.92 Å². The Hall–Kier alpha value is -0.830. The Morgan fingerprint density at radius 1 is 1.00 bits per heavy atom. The van der Waals surface area contributed by atoms with Gasteiger partial charge in [-0.15, -0.1) is 0 Å². The van der Waals surface area contributed by atoms with E-state index in [1.165, 1.54) is 70.1 Å². The van der Waals surface area contributed by atoms with Gasteiger partial charge in [0, 0.05) is 13.2 Å². The minimum atomic E-state index is 0.596. The third kappa shape index (κ3) is 9.80. The summed E-state index contributed by atoms with van der Waals surface area (Å²) < 4.78 is 1.83. The molecule has 2 heterocycles. The van der Waals surface area contributed by atoms with E-state index in [2.05, 4.69) is 37.7 Å². The van der Waals surface area contributed by atoms with E-state index < -0.39 is 0 Å². The fourth-order valence-corrected chi connectivity index (χ4v) is 2.99. The summed E-state index contributed by atoms with van der Waals surface area (Å²) in [5.74, 6) is 1.49. The predicted octanol–water partition coefficient (Wildman–Crippen LogP) is 5.23. The summed E-state index contributed by atoms with van der Waals surface area (Å²) >= 11 is 0. The zero-order valence-electron chi connectivity index (χ0n) is 16.2. The highest BCUT2D eigenvalue weighted by molar-refractivity contribution is 5.08. The van der Waals surface area contributed by atoms with Crippen molar-refractivity contribution >= 4 is 0 Å². The molecule has 3 nitrogen and oxygen atoms in total. The molecule has 1 saturated heterocycles. The van der Waals surface area contributed by atoms with Crippen molar-refractivity contribution in [3.05, 3.63) is 18.0 Å². The molecule has 0 amide bonds. The van der Waals surface area contributed by atoms with E-state index in [1.54, 1.807) is 0 Å². The van der Waals surface area contributed by atoms with E-state index in [0.717, 1.165) is 5.92 Å². The molecule has 1 fully saturated rings. The molecule has 0 aliphatic carbocycles. The number of nitrogens with zero attached hydrogens (tertiary/aromatic N) is 3. The van der Waals surface area contributed by atoms with Crippen LogP contribution in [0.3, 0.4) is 0 Å². The van der Waals surface area contributed by atoms with Gasteiger partial charge in [-0.2, -0.15) is 5.10 Å². The lowest BCUT2D eigenvalue weighted by Crippen LogP contribution is -2.30. The van der Waals surface area contributed by atoms with Crippen molar-refractivity contribution in [3.8, 4) is 0 Å². The van der Waals surface area contributed by atoms with Gasteiger partial charge in [-0.25, -0.2) is 0 Å². The molecule has 1 aliphatic rings. The lowest BCUT2D eigenvalue weighted by molar-refractivity contribution is 0.223. The molecule has 0 unspecified atom stereocenters. The summed E-state index contributed by atoms with van der Waals surface area (Å²) in [4.78, 5) is 2.65. The van der Waals surface area contributed by atoms with Crippen LogP contribution in [-0.2, 0) is 7.05 Å². The normalized spacial score (nSPS) is 15.8. The predicted molar refractivity (Wildman–Crippen MR) is 101 cm³/mol. The van der Waals surface area contributed by atoms with Crippen LogP contribution in [0.15, 0.2) is 12.4 Å². The smallest absolute Gasteiger partial charge is 0.0524 e. The van der Waals surface area contributed by atoms with Crippen LogP contribution in [-0.4, -0.2) is 34.3 Å². The number of rotatable bonds is 7. The van der Waals surface area contributed by atoms with Crippen LogP contribution in [0, 0.1) is 5.92 Å². The van der Waals surface area contributed by atoms with Crippen LogP contribution < -0.4 is 0 Å². The Morgan fingerprint density at radius 3 is 2.17 bits per heavy atom. The van der Waals surface area contributed by atoms with Gasteiger partial charge in [-0.3, -0.25) is 4.68 Å². The summed E-state index contributed by atoms with van der Waals surface area (Å²) in [6.45, 7) is 13.1. The highest BCUT2D eigenvalue weighted by atomic mass is 15.2. The Kier molecular flexibility index (Phi) is 10.3. The first-order chi connectivity index (χ1) is 11.0. The molecule has 0 radical (unpaired) electrons. The van der Waals surface area contributed by atoms with Crippen molar-refractivity contribution in [2.75, 3.05) is 19.6 Å². The first-order valence-corrected chi connectivity index (χ1v) is 9.70. The highest BCUT2D eigenvalue weighted by Crippen LogP contribution is 2.12. The second-order valence-electron chi connectivity index (χ2n) is 7.75. The second-order valence-corrected chi connectivity index (χ2v) is 7.75. The molecular weight excluding hydrogens is 282 g/mol. The standard InChI is InChI=1S/C13H27N.C7H12N2/c1-13(2)9-5-3-6-10-14-11-7-4-8-12-14;1-6(2)7-4-8-9(3)5-7/h13H,3-12H2,1-2H3;4-6H,1-3H3. The average molecular weight is 322 g/mol. The van der Waals surface area contributed by atoms with E-state index in [9.17, 15) is 0 Å².